The lowest BCUT2D eigenvalue weighted by molar-refractivity contribution is -0.136. The lowest BCUT2D eigenvalue weighted by Crippen LogP contribution is -2.40. The van der Waals surface area contributed by atoms with Gasteiger partial charge < -0.3 is 9.64 Å². The molecule has 1 fully saturated rings. The van der Waals surface area contributed by atoms with Crippen LogP contribution in [0.5, 0.6) is 0 Å². The number of carbonyl (C=O) groups is 1. The first-order valence-electron chi connectivity index (χ1n) is 7.91. The van der Waals surface area contributed by atoms with Crippen molar-refractivity contribution in [3.05, 3.63) is 41.3 Å². The van der Waals surface area contributed by atoms with Crippen LogP contribution in [-0.4, -0.2) is 40.8 Å². The van der Waals surface area contributed by atoms with Crippen LogP contribution in [0.25, 0.3) is 11.3 Å². The monoisotopic (exact) mass is 315 g/mol. The molecule has 1 aromatic heterocycles. The highest BCUT2D eigenvalue weighted by Gasteiger charge is 2.31. The summed E-state index contributed by atoms with van der Waals surface area (Å²) in [6.45, 7) is 2.39. The normalized spacial score (nSPS) is 20.6. The molecule has 5 nitrogen and oxygen atoms in total. The van der Waals surface area contributed by atoms with E-state index >= 15 is 0 Å². The van der Waals surface area contributed by atoms with E-state index in [1.165, 1.54) is 12.1 Å². The lowest BCUT2D eigenvalue weighted by Gasteiger charge is -2.29. The van der Waals surface area contributed by atoms with Gasteiger partial charge in [-0.15, -0.1) is 0 Å². The highest BCUT2D eigenvalue weighted by atomic mass is 19.1. The third-order valence-corrected chi connectivity index (χ3v) is 4.62. The second kappa shape index (κ2) is 5.77. The van der Waals surface area contributed by atoms with E-state index in [0.717, 1.165) is 35.4 Å². The maximum Gasteiger partial charge on any atom is 0.228 e. The van der Waals surface area contributed by atoms with Crippen molar-refractivity contribution in [3.8, 4) is 11.3 Å². The molecule has 1 unspecified atom stereocenters. The van der Waals surface area contributed by atoms with Crippen molar-refractivity contribution in [2.75, 3.05) is 19.8 Å². The largest absolute Gasteiger partial charge is 0.381 e. The number of hydrogen-bond donors (Lipinski definition) is 1. The highest BCUT2D eigenvalue weighted by molar-refractivity contribution is 5.80. The molecule has 0 saturated carbocycles. The van der Waals surface area contributed by atoms with Gasteiger partial charge in [0.15, 0.2) is 0 Å². The van der Waals surface area contributed by atoms with E-state index in [-0.39, 0.29) is 17.6 Å². The van der Waals surface area contributed by atoms with Crippen LogP contribution in [0.15, 0.2) is 24.3 Å². The van der Waals surface area contributed by atoms with Gasteiger partial charge in [-0.1, -0.05) is 12.1 Å². The van der Waals surface area contributed by atoms with Crippen LogP contribution in [0.4, 0.5) is 4.39 Å². The molecule has 6 heteroatoms. The zero-order chi connectivity index (χ0) is 15.8. The Kier molecular flexibility index (Phi) is 3.61. The number of carbonyl (C=O) groups excluding carboxylic acids is 1. The van der Waals surface area contributed by atoms with Crippen LogP contribution < -0.4 is 0 Å². The van der Waals surface area contributed by atoms with E-state index in [4.69, 9.17) is 4.74 Å². The molecule has 2 aromatic rings. The molecule has 0 spiro atoms. The molecule has 2 aliphatic rings. The number of aromatic amines is 1. The Hall–Kier alpha value is -2.21. The molecule has 23 heavy (non-hydrogen) atoms. The number of nitrogens with one attached hydrogen (secondary N) is 1. The van der Waals surface area contributed by atoms with Crippen molar-refractivity contribution in [1.29, 1.82) is 0 Å². The molecule has 120 valence electrons. The molecule has 0 aliphatic carbocycles. The summed E-state index contributed by atoms with van der Waals surface area (Å²) >= 11 is 0. The minimum atomic E-state index is -0.286. The van der Waals surface area contributed by atoms with Crippen LogP contribution in [-0.2, 0) is 22.5 Å². The fraction of sp³-hybridized carbons (Fsp3) is 0.412. The lowest BCUT2D eigenvalue weighted by atomic mass is 9.99. The van der Waals surface area contributed by atoms with Gasteiger partial charge >= 0.3 is 0 Å². The first kappa shape index (κ1) is 14.4. The van der Waals surface area contributed by atoms with E-state index < -0.39 is 0 Å². The molecule has 3 heterocycles. The highest BCUT2D eigenvalue weighted by Crippen LogP contribution is 2.30. The Morgan fingerprint density at radius 3 is 3.13 bits per heavy atom. The number of benzene rings is 1. The maximum absolute atomic E-state index is 13.5. The van der Waals surface area contributed by atoms with Crippen LogP contribution in [0.3, 0.4) is 0 Å². The second-order valence-electron chi connectivity index (χ2n) is 6.11. The number of hydrogen-bond acceptors (Lipinski definition) is 3. The number of nitrogens with zero attached hydrogens (tertiary/aromatic N) is 2. The van der Waals surface area contributed by atoms with Crippen LogP contribution in [0.1, 0.15) is 17.7 Å². The Balaban J connectivity index is 1.61. The average Bonchev–Trinajstić information content (AvgIpc) is 3.23. The van der Waals surface area contributed by atoms with Crippen molar-refractivity contribution < 1.29 is 13.9 Å². The van der Waals surface area contributed by atoms with Gasteiger partial charge in [0.05, 0.1) is 18.2 Å². The number of amides is 1. The number of rotatable bonds is 2. The van der Waals surface area contributed by atoms with E-state index in [9.17, 15) is 9.18 Å². The maximum atomic E-state index is 13.5. The summed E-state index contributed by atoms with van der Waals surface area (Å²) in [6, 6.07) is 6.40. The molecule has 1 saturated heterocycles. The van der Waals surface area contributed by atoms with Crippen molar-refractivity contribution >= 4 is 5.91 Å². The molecule has 1 atom stereocenters. The van der Waals surface area contributed by atoms with Crippen molar-refractivity contribution in [2.45, 2.75) is 19.4 Å². The number of fused-ring (bicyclic) bond motifs is 1. The number of ether oxygens (including phenoxy) is 1. The molecular formula is C17H18FN3O2. The average molecular weight is 315 g/mol. The summed E-state index contributed by atoms with van der Waals surface area (Å²) in [6.07, 6.45) is 1.54. The third-order valence-electron chi connectivity index (χ3n) is 4.62. The van der Waals surface area contributed by atoms with Crippen LogP contribution in [0, 0.1) is 11.7 Å². The van der Waals surface area contributed by atoms with E-state index in [1.54, 1.807) is 6.07 Å². The van der Waals surface area contributed by atoms with Gasteiger partial charge in [0.25, 0.3) is 0 Å². The summed E-state index contributed by atoms with van der Waals surface area (Å²) in [5.41, 5.74) is 3.51. The van der Waals surface area contributed by atoms with Gasteiger partial charge in [-0.05, 0) is 18.6 Å². The molecule has 1 amide bonds. The molecular weight excluding hydrogens is 297 g/mol. The van der Waals surface area contributed by atoms with Crippen LogP contribution in [0.2, 0.25) is 0 Å². The van der Waals surface area contributed by atoms with E-state index in [0.29, 0.717) is 26.3 Å². The van der Waals surface area contributed by atoms with Gasteiger partial charge in [-0.3, -0.25) is 9.89 Å². The first-order valence-corrected chi connectivity index (χ1v) is 7.91. The predicted octanol–water partition coefficient (Wildman–Crippen LogP) is 2.14. The smallest absolute Gasteiger partial charge is 0.228 e. The molecule has 4 rings (SSSR count). The number of halogens is 1. The minimum absolute atomic E-state index is 0.0268. The van der Waals surface area contributed by atoms with Crippen molar-refractivity contribution in [3.63, 3.8) is 0 Å². The van der Waals surface area contributed by atoms with Gasteiger partial charge in [0, 0.05) is 42.9 Å². The Morgan fingerprint density at radius 1 is 1.43 bits per heavy atom. The Bertz CT molecular complexity index is 737. The Labute approximate surface area is 133 Å². The molecule has 0 radical (unpaired) electrons. The molecule has 1 N–H and O–H groups in total. The number of H-pyrrole nitrogens is 1. The molecule has 0 bridgehead atoms. The van der Waals surface area contributed by atoms with Gasteiger partial charge in [0.1, 0.15) is 5.82 Å². The third kappa shape index (κ3) is 2.63. The van der Waals surface area contributed by atoms with Crippen molar-refractivity contribution in [2.24, 2.45) is 5.92 Å². The van der Waals surface area contributed by atoms with Gasteiger partial charge in [-0.2, -0.15) is 5.10 Å². The molecule has 1 aromatic carbocycles. The first-order chi connectivity index (χ1) is 11.2. The van der Waals surface area contributed by atoms with E-state index in [1.807, 2.05) is 11.0 Å². The SMILES string of the molecule is O=C(C1CCOC1)N1CCc2[nH]nc(-c3cccc(F)c3)c2C1. The summed E-state index contributed by atoms with van der Waals surface area (Å²) in [4.78, 5) is 14.5. The topological polar surface area (TPSA) is 58.2 Å². The fourth-order valence-corrected chi connectivity index (χ4v) is 3.35. The van der Waals surface area contributed by atoms with Gasteiger partial charge in [-0.25, -0.2) is 4.39 Å². The Morgan fingerprint density at radius 2 is 2.35 bits per heavy atom. The zero-order valence-corrected chi connectivity index (χ0v) is 12.7. The summed E-state index contributed by atoms with van der Waals surface area (Å²) in [5, 5.41) is 7.38. The summed E-state index contributed by atoms with van der Waals surface area (Å²) < 4.78 is 18.8. The van der Waals surface area contributed by atoms with Crippen LogP contribution >= 0.6 is 0 Å². The summed E-state index contributed by atoms with van der Waals surface area (Å²) in [5.74, 6) is -0.160. The van der Waals surface area contributed by atoms with Crippen molar-refractivity contribution in [1.82, 2.24) is 15.1 Å². The fourth-order valence-electron chi connectivity index (χ4n) is 3.35. The zero-order valence-electron chi connectivity index (χ0n) is 12.7. The molecule has 2 aliphatic heterocycles. The van der Waals surface area contributed by atoms with Gasteiger partial charge in [0.2, 0.25) is 5.91 Å². The quantitative estimate of drug-likeness (QED) is 0.924. The standard InChI is InChI=1S/C17H18FN3O2/c18-13-3-1-2-11(8-13)16-14-9-21(6-4-15(14)19-20-16)17(22)12-5-7-23-10-12/h1-3,8,12H,4-7,9-10H2,(H,19,20). The van der Waals surface area contributed by atoms with E-state index in [2.05, 4.69) is 10.2 Å². The minimum Gasteiger partial charge on any atom is -0.381 e. The summed E-state index contributed by atoms with van der Waals surface area (Å²) in [7, 11) is 0. The predicted molar refractivity (Wildman–Crippen MR) is 82.0 cm³/mol. The second-order valence-corrected chi connectivity index (χ2v) is 6.11. The number of aromatic nitrogens is 2.